The quantitative estimate of drug-likeness (QED) is 0.476. The normalized spacial score (nSPS) is 45.1. The number of rotatable bonds is 6. The topological polar surface area (TPSA) is 138 Å². The molecule has 0 heterocycles. The predicted molar refractivity (Wildman–Crippen MR) is 125 cm³/mol. The van der Waals surface area contributed by atoms with E-state index in [1.54, 1.807) is 0 Å². The number of carbonyl (C=O) groups is 2. The molecule has 6 N–H and O–H groups in total. The molecule has 0 aromatic carbocycles. The molecule has 190 valence electrons. The van der Waals surface area contributed by atoms with Gasteiger partial charge in [0.2, 0.25) is 5.91 Å². The summed E-state index contributed by atoms with van der Waals surface area (Å²) in [5, 5.41) is 33.0. The van der Waals surface area contributed by atoms with Crippen molar-refractivity contribution in [2.75, 3.05) is 6.54 Å². The number of nitrogens with one attached hydrogen (secondary N) is 1. The fourth-order valence-electron chi connectivity index (χ4n) is 8.98. The molecule has 0 aromatic heterocycles. The molecule has 4 rings (SSSR count). The average Bonchev–Trinajstić information content (AvgIpc) is 3.10. The zero-order valence-electron chi connectivity index (χ0n) is 20.6. The number of carboxylic acids is 1. The summed E-state index contributed by atoms with van der Waals surface area (Å²) in [5.74, 6) is 1.84. The SMILES string of the molecule is C[C@H](CCC(=O)NCC(=O)O)[C@H]1CC[C@H]2[C@@H]3CC[C@@H]4C[C@H](O)CCC4(C)[C@H]3C[C@H](O)C12C.O. The first kappa shape index (κ1) is 26.4. The standard InChI is InChI=1S/C26H43NO5.H2O/c1-15(4-9-23(30)27-14-24(31)32)19-7-8-20-18-6-5-16-12-17(28)10-11-25(16,2)21(18)13-22(29)26(19,20)3;/h15-22,28-29H,4-14H2,1-3H3,(H,27,30)(H,31,32);1H2/t15-,16-,17-,18+,19-,20+,21+,22+,25?,26?;/m1./s1. The lowest BCUT2D eigenvalue weighted by Gasteiger charge is -2.62. The summed E-state index contributed by atoms with van der Waals surface area (Å²) >= 11 is 0. The molecule has 0 aromatic rings. The fourth-order valence-corrected chi connectivity index (χ4v) is 8.98. The maximum atomic E-state index is 12.0. The van der Waals surface area contributed by atoms with Crippen molar-refractivity contribution in [1.29, 1.82) is 0 Å². The van der Waals surface area contributed by atoms with E-state index in [0.717, 1.165) is 44.9 Å². The molecule has 1 amide bonds. The third-order valence-electron chi connectivity index (χ3n) is 10.8. The average molecular weight is 468 g/mol. The van der Waals surface area contributed by atoms with Crippen LogP contribution in [0, 0.1) is 46.3 Å². The van der Waals surface area contributed by atoms with Crippen LogP contribution in [0.25, 0.3) is 0 Å². The number of aliphatic hydroxyl groups is 2. The molecule has 4 fully saturated rings. The van der Waals surface area contributed by atoms with E-state index in [1.165, 1.54) is 12.8 Å². The number of hydrogen-bond acceptors (Lipinski definition) is 4. The number of hydrogen-bond donors (Lipinski definition) is 4. The number of carboxylic acid groups (broad SMARTS) is 1. The Morgan fingerprint density at radius 1 is 1.03 bits per heavy atom. The molecule has 10 atom stereocenters. The number of aliphatic carboxylic acids is 1. The number of aliphatic hydroxyl groups excluding tert-OH is 2. The third kappa shape index (κ3) is 4.57. The first-order valence-electron chi connectivity index (χ1n) is 12.9. The molecular formula is C26H45NO6. The maximum absolute atomic E-state index is 12.0. The minimum atomic E-state index is -1.02. The van der Waals surface area contributed by atoms with Crippen LogP contribution in [0.2, 0.25) is 0 Å². The van der Waals surface area contributed by atoms with Crippen molar-refractivity contribution in [1.82, 2.24) is 5.32 Å². The summed E-state index contributed by atoms with van der Waals surface area (Å²) in [6, 6.07) is 0. The van der Waals surface area contributed by atoms with Gasteiger partial charge < -0.3 is 26.1 Å². The Bertz CT molecular complexity index is 730. The molecule has 4 saturated carbocycles. The van der Waals surface area contributed by atoms with Crippen molar-refractivity contribution < 1.29 is 30.4 Å². The van der Waals surface area contributed by atoms with E-state index in [4.69, 9.17) is 5.11 Å². The van der Waals surface area contributed by atoms with Crippen molar-refractivity contribution >= 4 is 11.9 Å². The van der Waals surface area contributed by atoms with E-state index < -0.39 is 5.97 Å². The van der Waals surface area contributed by atoms with E-state index in [2.05, 4.69) is 26.1 Å². The number of fused-ring (bicyclic) bond motifs is 5. The van der Waals surface area contributed by atoms with Crippen LogP contribution in [0.3, 0.4) is 0 Å². The van der Waals surface area contributed by atoms with E-state index >= 15 is 0 Å². The minimum absolute atomic E-state index is 0. The van der Waals surface area contributed by atoms with Gasteiger partial charge in [-0.3, -0.25) is 9.59 Å². The highest BCUT2D eigenvalue weighted by molar-refractivity contribution is 5.81. The summed E-state index contributed by atoms with van der Waals surface area (Å²) in [6.07, 6.45) is 9.12. The van der Waals surface area contributed by atoms with Gasteiger partial charge in [-0.05, 0) is 104 Å². The molecule has 0 spiro atoms. The lowest BCUT2D eigenvalue weighted by atomic mass is 9.43. The third-order valence-corrected chi connectivity index (χ3v) is 10.8. The van der Waals surface area contributed by atoms with Crippen LogP contribution < -0.4 is 5.32 Å². The fraction of sp³-hybridized carbons (Fsp3) is 0.923. The number of carbonyl (C=O) groups excluding carboxylic acids is 1. The Labute approximate surface area is 198 Å². The van der Waals surface area contributed by atoms with E-state index in [0.29, 0.717) is 41.9 Å². The van der Waals surface area contributed by atoms with Crippen LogP contribution in [0.4, 0.5) is 0 Å². The van der Waals surface area contributed by atoms with Crippen molar-refractivity contribution in [3.8, 4) is 0 Å². The lowest BCUT2D eigenvalue weighted by Crippen LogP contribution is -2.58. The van der Waals surface area contributed by atoms with Crippen LogP contribution in [0.15, 0.2) is 0 Å². The minimum Gasteiger partial charge on any atom is -0.480 e. The predicted octanol–water partition coefficient (Wildman–Crippen LogP) is 2.77. The Balaban J connectivity index is 0.00000306. The Hall–Kier alpha value is -1.18. The van der Waals surface area contributed by atoms with Gasteiger partial charge in [0, 0.05) is 6.42 Å². The highest BCUT2D eigenvalue weighted by Gasteiger charge is 2.63. The molecule has 4 aliphatic rings. The van der Waals surface area contributed by atoms with Gasteiger partial charge in [-0.25, -0.2) is 0 Å². The molecule has 7 nitrogen and oxygen atoms in total. The Morgan fingerprint density at radius 2 is 1.76 bits per heavy atom. The Morgan fingerprint density at radius 3 is 2.45 bits per heavy atom. The summed E-state index contributed by atoms with van der Waals surface area (Å²) < 4.78 is 0. The smallest absolute Gasteiger partial charge is 0.322 e. The van der Waals surface area contributed by atoms with E-state index in [-0.39, 0.29) is 41.0 Å². The molecule has 0 saturated heterocycles. The lowest BCUT2D eigenvalue weighted by molar-refractivity contribution is -0.175. The molecule has 2 unspecified atom stereocenters. The van der Waals surface area contributed by atoms with E-state index in [9.17, 15) is 19.8 Å². The molecule has 0 bridgehead atoms. The van der Waals surface area contributed by atoms with Crippen molar-refractivity contribution in [2.45, 2.75) is 97.2 Å². The van der Waals surface area contributed by atoms with Gasteiger partial charge in [0.05, 0.1) is 12.2 Å². The van der Waals surface area contributed by atoms with Crippen molar-refractivity contribution in [3.05, 3.63) is 0 Å². The summed E-state index contributed by atoms with van der Waals surface area (Å²) in [7, 11) is 0. The van der Waals surface area contributed by atoms with Gasteiger partial charge in [-0.2, -0.15) is 0 Å². The van der Waals surface area contributed by atoms with Gasteiger partial charge in [0.1, 0.15) is 6.54 Å². The summed E-state index contributed by atoms with van der Waals surface area (Å²) in [6.45, 7) is 6.65. The maximum Gasteiger partial charge on any atom is 0.322 e. The van der Waals surface area contributed by atoms with Gasteiger partial charge in [-0.1, -0.05) is 20.8 Å². The molecule has 0 aliphatic heterocycles. The van der Waals surface area contributed by atoms with Crippen molar-refractivity contribution in [3.63, 3.8) is 0 Å². The second-order valence-corrected chi connectivity index (χ2v) is 12.1. The Kier molecular flexibility index (Phi) is 7.87. The van der Waals surface area contributed by atoms with Gasteiger partial charge in [0.25, 0.3) is 0 Å². The van der Waals surface area contributed by atoms with Crippen LogP contribution in [0.5, 0.6) is 0 Å². The molecule has 0 radical (unpaired) electrons. The summed E-state index contributed by atoms with van der Waals surface area (Å²) in [4.78, 5) is 22.7. The summed E-state index contributed by atoms with van der Waals surface area (Å²) in [5.41, 5.74) is 0.145. The highest BCUT2D eigenvalue weighted by atomic mass is 16.4. The zero-order chi connectivity index (χ0) is 23.3. The number of amides is 1. The van der Waals surface area contributed by atoms with Crippen LogP contribution in [-0.4, -0.2) is 51.4 Å². The monoisotopic (exact) mass is 467 g/mol. The first-order valence-corrected chi connectivity index (χ1v) is 12.9. The van der Waals surface area contributed by atoms with Gasteiger partial charge in [-0.15, -0.1) is 0 Å². The molecule has 4 aliphatic carbocycles. The first-order chi connectivity index (χ1) is 15.1. The molecule has 33 heavy (non-hydrogen) atoms. The zero-order valence-corrected chi connectivity index (χ0v) is 20.6. The van der Waals surface area contributed by atoms with Gasteiger partial charge >= 0.3 is 5.97 Å². The van der Waals surface area contributed by atoms with Crippen LogP contribution in [0.1, 0.15) is 85.0 Å². The van der Waals surface area contributed by atoms with E-state index in [1.807, 2.05) is 0 Å². The molecule has 7 heteroatoms. The van der Waals surface area contributed by atoms with Crippen molar-refractivity contribution in [2.24, 2.45) is 46.3 Å². The second-order valence-electron chi connectivity index (χ2n) is 12.1. The van der Waals surface area contributed by atoms with Crippen LogP contribution in [-0.2, 0) is 9.59 Å². The molecular weight excluding hydrogens is 422 g/mol. The second kappa shape index (κ2) is 9.82. The van der Waals surface area contributed by atoms with Gasteiger partial charge in [0.15, 0.2) is 0 Å². The highest BCUT2D eigenvalue weighted by Crippen LogP contribution is 2.68. The largest absolute Gasteiger partial charge is 0.480 e. The van der Waals surface area contributed by atoms with Crippen LogP contribution >= 0.6 is 0 Å².